The zero-order chi connectivity index (χ0) is 10.3. The second-order valence-corrected chi connectivity index (χ2v) is 4.53. The first kappa shape index (κ1) is 12.9. The van der Waals surface area contributed by atoms with E-state index < -0.39 is 0 Å². The van der Waals surface area contributed by atoms with Crippen LogP contribution in [-0.2, 0) is 0 Å². The van der Waals surface area contributed by atoms with Crippen molar-refractivity contribution in [1.29, 1.82) is 0 Å². The van der Waals surface area contributed by atoms with Gasteiger partial charge in [0.2, 0.25) is 0 Å². The molecule has 0 amide bonds. The highest BCUT2D eigenvalue weighted by Crippen LogP contribution is 2.45. The fraction of sp³-hybridized carbons (Fsp3) is 0.400. The molecule has 0 bridgehead atoms. The Bertz CT molecular complexity index is 343. The highest BCUT2D eigenvalue weighted by atomic mass is 35.5. The van der Waals surface area contributed by atoms with Gasteiger partial charge in [0.25, 0.3) is 0 Å². The van der Waals surface area contributed by atoms with Gasteiger partial charge in [-0.1, -0.05) is 23.2 Å². The molecular formula is C10H12Cl3NO. The molecule has 0 unspecified atom stereocenters. The van der Waals surface area contributed by atoms with Crippen molar-refractivity contribution in [2.45, 2.75) is 18.9 Å². The highest BCUT2D eigenvalue weighted by molar-refractivity contribution is 6.35. The van der Waals surface area contributed by atoms with Crippen molar-refractivity contribution >= 4 is 35.6 Å². The van der Waals surface area contributed by atoms with Gasteiger partial charge in [-0.3, -0.25) is 0 Å². The summed E-state index contributed by atoms with van der Waals surface area (Å²) >= 11 is 11.7. The SMILES string of the molecule is Cl.N[C@@H](c1c(O)cc(Cl)cc1Cl)C1CC1. The van der Waals surface area contributed by atoms with Gasteiger partial charge in [0.1, 0.15) is 5.75 Å². The number of aromatic hydroxyl groups is 1. The number of phenolic OH excluding ortho intramolecular Hbond substituents is 1. The minimum absolute atomic E-state index is 0. The molecule has 1 aromatic rings. The van der Waals surface area contributed by atoms with Crippen LogP contribution in [0.1, 0.15) is 24.4 Å². The van der Waals surface area contributed by atoms with Gasteiger partial charge >= 0.3 is 0 Å². The van der Waals surface area contributed by atoms with E-state index >= 15 is 0 Å². The monoisotopic (exact) mass is 267 g/mol. The standard InChI is InChI=1S/C10H11Cl2NO.ClH/c11-6-3-7(12)9(8(14)4-6)10(13)5-1-2-5;/h3-5,10,14H,1-2,13H2;1H/t10-;/m1./s1. The molecule has 1 aliphatic rings. The van der Waals surface area contributed by atoms with Crippen molar-refractivity contribution in [1.82, 2.24) is 0 Å². The molecule has 5 heteroatoms. The van der Waals surface area contributed by atoms with Gasteiger partial charge in [-0.05, 0) is 30.9 Å². The lowest BCUT2D eigenvalue weighted by molar-refractivity contribution is 0.456. The third-order valence-electron chi connectivity index (χ3n) is 2.54. The van der Waals surface area contributed by atoms with Gasteiger partial charge in [-0.2, -0.15) is 0 Å². The van der Waals surface area contributed by atoms with E-state index in [-0.39, 0.29) is 24.2 Å². The second kappa shape index (κ2) is 4.79. The lowest BCUT2D eigenvalue weighted by Gasteiger charge is -2.14. The molecule has 0 saturated heterocycles. The van der Waals surface area contributed by atoms with Crippen molar-refractivity contribution in [3.63, 3.8) is 0 Å². The van der Waals surface area contributed by atoms with E-state index in [9.17, 15) is 5.11 Å². The molecule has 1 fully saturated rings. The normalized spacial score (nSPS) is 17.0. The summed E-state index contributed by atoms with van der Waals surface area (Å²) in [4.78, 5) is 0. The number of hydrogen-bond acceptors (Lipinski definition) is 2. The Labute approximate surface area is 105 Å². The van der Waals surface area contributed by atoms with Crippen LogP contribution in [0, 0.1) is 5.92 Å². The average Bonchev–Trinajstić information content (AvgIpc) is 2.83. The maximum Gasteiger partial charge on any atom is 0.123 e. The number of nitrogens with two attached hydrogens (primary N) is 1. The van der Waals surface area contributed by atoms with Crippen LogP contribution < -0.4 is 5.73 Å². The van der Waals surface area contributed by atoms with Gasteiger partial charge in [0, 0.05) is 16.6 Å². The maximum absolute atomic E-state index is 9.67. The number of rotatable bonds is 2. The molecule has 2 nitrogen and oxygen atoms in total. The van der Waals surface area contributed by atoms with Crippen LogP contribution in [0.15, 0.2) is 12.1 Å². The van der Waals surface area contributed by atoms with Crippen molar-refractivity contribution < 1.29 is 5.11 Å². The van der Waals surface area contributed by atoms with Crippen LogP contribution in [0.4, 0.5) is 0 Å². The van der Waals surface area contributed by atoms with Gasteiger partial charge in [-0.15, -0.1) is 12.4 Å². The van der Waals surface area contributed by atoms with E-state index in [0.717, 1.165) is 12.8 Å². The van der Waals surface area contributed by atoms with E-state index in [2.05, 4.69) is 0 Å². The maximum atomic E-state index is 9.67. The molecule has 0 aliphatic heterocycles. The molecule has 0 radical (unpaired) electrons. The predicted octanol–water partition coefficient (Wildman–Crippen LogP) is 3.53. The minimum atomic E-state index is -0.167. The molecule has 84 valence electrons. The smallest absolute Gasteiger partial charge is 0.123 e. The van der Waals surface area contributed by atoms with Crippen LogP contribution >= 0.6 is 35.6 Å². The average molecular weight is 269 g/mol. The van der Waals surface area contributed by atoms with Crippen LogP contribution in [0.2, 0.25) is 10.0 Å². The molecule has 1 aliphatic carbocycles. The fourth-order valence-corrected chi connectivity index (χ4v) is 2.20. The molecule has 2 rings (SSSR count). The van der Waals surface area contributed by atoms with Crippen molar-refractivity contribution in [2.24, 2.45) is 11.7 Å². The Morgan fingerprint density at radius 2 is 1.93 bits per heavy atom. The minimum Gasteiger partial charge on any atom is -0.508 e. The van der Waals surface area contributed by atoms with Crippen LogP contribution in [-0.4, -0.2) is 5.11 Å². The third-order valence-corrected chi connectivity index (χ3v) is 3.07. The van der Waals surface area contributed by atoms with Crippen LogP contribution in [0.5, 0.6) is 5.75 Å². The number of phenols is 1. The van der Waals surface area contributed by atoms with E-state index in [4.69, 9.17) is 28.9 Å². The second-order valence-electron chi connectivity index (χ2n) is 3.68. The first-order valence-corrected chi connectivity index (χ1v) is 5.28. The molecule has 1 atom stereocenters. The first-order chi connectivity index (χ1) is 6.59. The number of hydrogen-bond donors (Lipinski definition) is 2. The summed E-state index contributed by atoms with van der Waals surface area (Å²) < 4.78 is 0. The van der Waals surface area contributed by atoms with Crippen molar-refractivity contribution in [3.8, 4) is 5.75 Å². The molecule has 0 heterocycles. The van der Waals surface area contributed by atoms with E-state index in [1.54, 1.807) is 6.07 Å². The molecule has 0 aromatic heterocycles. The summed E-state index contributed by atoms with van der Waals surface area (Å²) in [5, 5.41) is 10.6. The summed E-state index contributed by atoms with van der Waals surface area (Å²) in [6.45, 7) is 0. The topological polar surface area (TPSA) is 46.2 Å². The van der Waals surface area contributed by atoms with Gasteiger partial charge < -0.3 is 10.8 Å². The largest absolute Gasteiger partial charge is 0.508 e. The summed E-state index contributed by atoms with van der Waals surface area (Å²) in [5.74, 6) is 0.557. The van der Waals surface area contributed by atoms with E-state index in [0.29, 0.717) is 21.5 Å². The van der Waals surface area contributed by atoms with Crippen LogP contribution in [0.25, 0.3) is 0 Å². The molecular weight excluding hydrogens is 256 g/mol. The Morgan fingerprint density at radius 1 is 1.33 bits per heavy atom. The lowest BCUT2D eigenvalue weighted by Crippen LogP contribution is -2.13. The van der Waals surface area contributed by atoms with Gasteiger partial charge in [0.05, 0.1) is 5.02 Å². The Kier molecular flexibility index (Phi) is 4.13. The van der Waals surface area contributed by atoms with E-state index in [1.165, 1.54) is 6.07 Å². The zero-order valence-electron chi connectivity index (χ0n) is 7.91. The highest BCUT2D eigenvalue weighted by Gasteiger charge is 2.32. The van der Waals surface area contributed by atoms with Crippen molar-refractivity contribution in [3.05, 3.63) is 27.7 Å². The predicted molar refractivity (Wildman–Crippen MR) is 65.0 cm³/mol. The molecule has 3 N–H and O–H groups in total. The molecule has 0 spiro atoms. The fourth-order valence-electron chi connectivity index (χ4n) is 1.59. The first-order valence-electron chi connectivity index (χ1n) is 4.53. The summed E-state index contributed by atoms with van der Waals surface area (Å²) in [5.41, 5.74) is 6.59. The Hall–Kier alpha value is -0.150. The quantitative estimate of drug-likeness (QED) is 0.862. The Balaban J connectivity index is 0.00000112. The van der Waals surface area contributed by atoms with Gasteiger partial charge in [-0.25, -0.2) is 0 Å². The summed E-state index contributed by atoms with van der Waals surface area (Å²) in [6, 6.07) is 2.92. The number of halogens is 3. The van der Waals surface area contributed by atoms with Crippen LogP contribution in [0.3, 0.4) is 0 Å². The summed E-state index contributed by atoms with van der Waals surface area (Å²) in [6.07, 6.45) is 2.22. The molecule has 15 heavy (non-hydrogen) atoms. The zero-order valence-corrected chi connectivity index (χ0v) is 10.2. The lowest BCUT2D eigenvalue weighted by atomic mass is 10.0. The number of benzene rings is 1. The van der Waals surface area contributed by atoms with E-state index in [1.807, 2.05) is 0 Å². The van der Waals surface area contributed by atoms with Gasteiger partial charge in [0.15, 0.2) is 0 Å². The molecule has 1 aromatic carbocycles. The molecule has 1 saturated carbocycles. The Morgan fingerprint density at radius 3 is 2.40 bits per heavy atom. The van der Waals surface area contributed by atoms with Crippen molar-refractivity contribution in [2.75, 3.05) is 0 Å². The third kappa shape index (κ3) is 2.70. The summed E-state index contributed by atoms with van der Waals surface area (Å²) in [7, 11) is 0.